The van der Waals surface area contributed by atoms with Crippen molar-refractivity contribution in [2.24, 2.45) is 0 Å². The molecule has 4 nitrogen and oxygen atoms in total. The van der Waals surface area contributed by atoms with Crippen LogP contribution in [0.2, 0.25) is 0 Å². The van der Waals surface area contributed by atoms with Gasteiger partial charge < -0.3 is 10.7 Å². The van der Waals surface area contributed by atoms with Crippen molar-refractivity contribution >= 4 is 17.0 Å². The molecule has 3 N–H and O–H groups in total. The van der Waals surface area contributed by atoms with Gasteiger partial charge in [-0.05, 0) is 17.7 Å². The molecule has 0 bridgehead atoms. The second kappa shape index (κ2) is 2.79. The summed E-state index contributed by atoms with van der Waals surface area (Å²) in [6.07, 6.45) is 0.412. The highest BCUT2D eigenvalue weighted by molar-refractivity contribution is 5.77. The predicted molar refractivity (Wildman–Crippen MR) is 49.8 cm³/mol. The fourth-order valence-electron chi connectivity index (χ4n) is 1.28. The van der Waals surface area contributed by atoms with E-state index in [2.05, 4.69) is 16.0 Å². The average Bonchev–Trinajstić information content (AvgIpc) is 2.44. The lowest BCUT2D eigenvalue weighted by molar-refractivity contribution is 1.27. The fourth-order valence-corrected chi connectivity index (χ4v) is 1.28. The number of nitrogen functional groups attached to an aromatic ring is 1. The van der Waals surface area contributed by atoms with Crippen LogP contribution in [0, 0.1) is 11.3 Å². The van der Waals surface area contributed by atoms with Crippen LogP contribution in [0.5, 0.6) is 0 Å². The van der Waals surface area contributed by atoms with Gasteiger partial charge in [0.05, 0.1) is 23.5 Å². The summed E-state index contributed by atoms with van der Waals surface area (Å²) >= 11 is 0. The highest BCUT2D eigenvalue weighted by Gasteiger charge is 2.00. The third-order valence-corrected chi connectivity index (χ3v) is 1.85. The van der Waals surface area contributed by atoms with Crippen LogP contribution in [0.4, 0.5) is 5.95 Å². The number of nitriles is 1. The molecule has 0 aliphatic rings. The number of anilines is 1. The van der Waals surface area contributed by atoms with Gasteiger partial charge in [-0.2, -0.15) is 5.26 Å². The number of rotatable bonds is 1. The first-order valence-corrected chi connectivity index (χ1v) is 3.90. The van der Waals surface area contributed by atoms with Crippen LogP contribution < -0.4 is 5.73 Å². The first kappa shape index (κ1) is 7.62. The molecule has 2 aromatic rings. The van der Waals surface area contributed by atoms with Gasteiger partial charge in [-0.25, -0.2) is 4.98 Å². The van der Waals surface area contributed by atoms with E-state index in [4.69, 9.17) is 11.0 Å². The standard InChI is InChI=1S/C9H8N4/c10-4-3-6-1-2-7-8(5-6)13-9(11)12-7/h1-2,5H,3H2,(H3,11,12,13). The maximum atomic E-state index is 8.50. The van der Waals surface area contributed by atoms with Gasteiger partial charge in [0.1, 0.15) is 0 Å². The highest BCUT2D eigenvalue weighted by atomic mass is 15.0. The molecule has 1 aromatic heterocycles. The molecule has 13 heavy (non-hydrogen) atoms. The molecular formula is C9H8N4. The summed E-state index contributed by atoms with van der Waals surface area (Å²) in [5.41, 5.74) is 8.17. The van der Waals surface area contributed by atoms with E-state index >= 15 is 0 Å². The Morgan fingerprint density at radius 2 is 2.38 bits per heavy atom. The third-order valence-electron chi connectivity index (χ3n) is 1.85. The van der Waals surface area contributed by atoms with Gasteiger partial charge in [0.2, 0.25) is 0 Å². The number of imidazole rings is 1. The normalized spacial score (nSPS) is 10.1. The quantitative estimate of drug-likeness (QED) is 0.678. The molecule has 0 atom stereocenters. The number of hydrogen-bond acceptors (Lipinski definition) is 3. The van der Waals surface area contributed by atoms with Crippen molar-refractivity contribution in [3.63, 3.8) is 0 Å². The molecule has 2 rings (SSSR count). The van der Waals surface area contributed by atoms with E-state index in [1.807, 2.05) is 18.2 Å². The number of nitrogens with zero attached hydrogens (tertiary/aromatic N) is 2. The summed E-state index contributed by atoms with van der Waals surface area (Å²) in [4.78, 5) is 6.97. The maximum absolute atomic E-state index is 8.50. The Kier molecular flexibility index (Phi) is 1.64. The maximum Gasteiger partial charge on any atom is 0.198 e. The molecule has 0 radical (unpaired) electrons. The number of fused-ring (bicyclic) bond motifs is 1. The molecule has 0 fully saturated rings. The topological polar surface area (TPSA) is 78.5 Å². The van der Waals surface area contributed by atoms with Gasteiger partial charge in [-0.3, -0.25) is 0 Å². The van der Waals surface area contributed by atoms with Crippen molar-refractivity contribution < 1.29 is 0 Å². The second-order valence-corrected chi connectivity index (χ2v) is 2.81. The minimum absolute atomic E-state index is 0.407. The van der Waals surface area contributed by atoms with E-state index in [-0.39, 0.29) is 0 Å². The van der Waals surface area contributed by atoms with E-state index < -0.39 is 0 Å². The SMILES string of the molecule is N#CCc1ccc2nc(N)[nH]c2c1. The smallest absolute Gasteiger partial charge is 0.198 e. The minimum atomic E-state index is 0.407. The molecule has 4 heteroatoms. The summed E-state index contributed by atoms with van der Waals surface area (Å²) in [7, 11) is 0. The summed E-state index contributed by atoms with van der Waals surface area (Å²) in [5, 5.41) is 8.50. The fraction of sp³-hybridized carbons (Fsp3) is 0.111. The summed E-state index contributed by atoms with van der Waals surface area (Å²) in [5.74, 6) is 0.407. The molecule has 64 valence electrons. The van der Waals surface area contributed by atoms with Crippen molar-refractivity contribution in [3.05, 3.63) is 23.8 Å². The van der Waals surface area contributed by atoms with E-state index in [1.165, 1.54) is 0 Å². The largest absolute Gasteiger partial charge is 0.369 e. The van der Waals surface area contributed by atoms with Crippen molar-refractivity contribution in [1.82, 2.24) is 9.97 Å². The van der Waals surface area contributed by atoms with Crippen LogP contribution in [0.25, 0.3) is 11.0 Å². The first-order chi connectivity index (χ1) is 6.29. The van der Waals surface area contributed by atoms with Gasteiger partial charge in [0.25, 0.3) is 0 Å². The molecular weight excluding hydrogens is 164 g/mol. The number of benzene rings is 1. The second-order valence-electron chi connectivity index (χ2n) is 2.81. The number of H-pyrrole nitrogens is 1. The summed E-state index contributed by atoms with van der Waals surface area (Å²) in [6.45, 7) is 0. The number of nitrogens with one attached hydrogen (secondary N) is 1. The zero-order valence-corrected chi connectivity index (χ0v) is 6.91. The lowest BCUT2D eigenvalue weighted by atomic mass is 10.1. The molecule has 0 unspecified atom stereocenters. The van der Waals surface area contributed by atoms with Crippen LogP contribution in [0.3, 0.4) is 0 Å². The minimum Gasteiger partial charge on any atom is -0.369 e. The predicted octanol–water partition coefficient (Wildman–Crippen LogP) is 1.21. The zero-order chi connectivity index (χ0) is 9.26. The lowest BCUT2D eigenvalue weighted by Gasteiger charge is -1.92. The van der Waals surface area contributed by atoms with Gasteiger partial charge in [-0.15, -0.1) is 0 Å². The summed E-state index contributed by atoms with van der Waals surface area (Å²) < 4.78 is 0. The van der Waals surface area contributed by atoms with Crippen LogP contribution >= 0.6 is 0 Å². The van der Waals surface area contributed by atoms with Gasteiger partial charge in [0, 0.05) is 0 Å². The number of hydrogen-bond donors (Lipinski definition) is 2. The molecule has 0 amide bonds. The molecule has 0 aliphatic carbocycles. The third kappa shape index (κ3) is 1.32. The number of aromatic nitrogens is 2. The van der Waals surface area contributed by atoms with Crippen molar-refractivity contribution in [3.8, 4) is 6.07 Å². The summed E-state index contributed by atoms with van der Waals surface area (Å²) in [6, 6.07) is 7.72. The Labute approximate surface area is 75.0 Å². The zero-order valence-electron chi connectivity index (χ0n) is 6.91. The average molecular weight is 172 g/mol. The van der Waals surface area contributed by atoms with Crippen molar-refractivity contribution in [1.29, 1.82) is 5.26 Å². The van der Waals surface area contributed by atoms with Crippen LogP contribution in [-0.2, 0) is 6.42 Å². The Morgan fingerprint density at radius 1 is 1.54 bits per heavy atom. The van der Waals surface area contributed by atoms with E-state index in [1.54, 1.807) is 0 Å². The molecule has 0 spiro atoms. The molecule has 0 saturated heterocycles. The lowest BCUT2D eigenvalue weighted by Crippen LogP contribution is -1.84. The van der Waals surface area contributed by atoms with E-state index in [9.17, 15) is 0 Å². The van der Waals surface area contributed by atoms with E-state index in [0.717, 1.165) is 16.6 Å². The van der Waals surface area contributed by atoms with Gasteiger partial charge >= 0.3 is 0 Å². The molecule has 0 saturated carbocycles. The van der Waals surface area contributed by atoms with Gasteiger partial charge in [0.15, 0.2) is 5.95 Å². The first-order valence-electron chi connectivity index (χ1n) is 3.90. The highest BCUT2D eigenvalue weighted by Crippen LogP contribution is 2.14. The Balaban J connectivity index is 2.56. The van der Waals surface area contributed by atoms with E-state index in [0.29, 0.717) is 12.4 Å². The Bertz CT molecular complexity index is 478. The Hall–Kier alpha value is -2.02. The number of aromatic amines is 1. The van der Waals surface area contributed by atoms with Crippen LogP contribution in [-0.4, -0.2) is 9.97 Å². The molecule has 1 heterocycles. The Morgan fingerprint density at radius 3 is 3.15 bits per heavy atom. The van der Waals surface area contributed by atoms with Crippen LogP contribution in [0.1, 0.15) is 5.56 Å². The molecule has 1 aromatic carbocycles. The monoisotopic (exact) mass is 172 g/mol. The van der Waals surface area contributed by atoms with Crippen molar-refractivity contribution in [2.75, 3.05) is 5.73 Å². The van der Waals surface area contributed by atoms with Crippen LogP contribution in [0.15, 0.2) is 18.2 Å². The number of nitrogens with two attached hydrogens (primary N) is 1. The molecule has 0 aliphatic heterocycles. The van der Waals surface area contributed by atoms with Gasteiger partial charge in [-0.1, -0.05) is 6.07 Å². The van der Waals surface area contributed by atoms with Crippen molar-refractivity contribution in [2.45, 2.75) is 6.42 Å².